The van der Waals surface area contributed by atoms with Crippen LogP contribution in [0.4, 0.5) is 0 Å². The minimum atomic E-state index is -0.0535. The number of carbonyl (C=O) groups excluding carboxylic acids is 1. The molecule has 2 fully saturated rings. The van der Waals surface area contributed by atoms with Gasteiger partial charge in [0.05, 0.1) is 11.8 Å². The van der Waals surface area contributed by atoms with E-state index < -0.39 is 0 Å². The van der Waals surface area contributed by atoms with Gasteiger partial charge < -0.3 is 14.2 Å². The van der Waals surface area contributed by atoms with E-state index in [1.807, 2.05) is 4.90 Å². The minimum absolute atomic E-state index is 0.0535. The van der Waals surface area contributed by atoms with E-state index in [4.69, 9.17) is 9.26 Å². The lowest BCUT2D eigenvalue weighted by atomic mass is 9.95. The third kappa shape index (κ3) is 5.78. The van der Waals surface area contributed by atoms with E-state index in [-0.39, 0.29) is 17.9 Å². The molecule has 0 aliphatic carbocycles. The van der Waals surface area contributed by atoms with Crippen molar-refractivity contribution in [1.29, 1.82) is 0 Å². The lowest BCUT2D eigenvalue weighted by molar-refractivity contribution is 0.0416. The van der Waals surface area contributed by atoms with Gasteiger partial charge in [0.2, 0.25) is 5.76 Å². The summed E-state index contributed by atoms with van der Waals surface area (Å²) in [5, 5.41) is 4.09. The van der Waals surface area contributed by atoms with Crippen LogP contribution < -0.4 is 0 Å². The Kier molecular flexibility index (Phi) is 7.63. The van der Waals surface area contributed by atoms with E-state index in [0.717, 1.165) is 64.2 Å². The van der Waals surface area contributed by atoms with Crippen LogP contribution in [-0.4, -0.2) is 59.8 Å². The number of nitrogens with zero attached hydrogens (tertiary/aromatic N) is 3. The largest absolute Gasteiger partial charge is 0.376 e. The number of hydrogen-bond acceptors (Lipinski definition) is 5. The Labute approximate surface area is 191 Å². The molecular formula is C26H37N3O3. The van der Waals surface area contributed by atoms with Crippen molar-refractivity contribution < 1.29 is 14.1 Å². The summed E-state index contributed by atoms with van der Waals surface area (Å²) in [5.41, 5.74) is 3.60. The Hall–Kier alpha value is -2.18. The number of likely N-dealkylation sites (tertiary alicyclic amines) is 1. The van der Waals surface area contributed by atoms with Gasteiger partial charge in [0.15, 0.2) is 0 Å². The third-order valence-corrected chi connectivity index (χ3v) is 6.91. The number of amides is 1. The molecule has 4 rings (SSSR count). The van der Waals surface area contributed by atoms with Crippen molar-refractivity contribution >= 4 is 5.91 Å². The highest BCUT2D eigenvalue weighted by Gasteiger charge is 2.29. The molecule has 0 saturated carbocycles. The number of ether oxygens (including phenoxy) is 1. The maximum atomic E-state index is 13.3. The van der Waals surface area contributed by atoms with E-state index in [9.17, 15) is 4.79 Å². The Bertz CT molecular complexity index is 880. The molecule has 0 N–H and O–H groups in total. The van der Waals surface area contributed by atoms with Crippen molar-refractivity contribution in [2.75, 3.05) is 32.8 Å². The zero-order valence-corrected chi connectivity index (χ0v) is 19.8. The first-order valence-corrected chi connectivity index (χ1v) is 12.1. The maximum Gasteiger partial charge on any atom is 0.292 e. The second kappa shape index (κ2) is 10.6. The predicted molar refractivity (Wildman–Crippen MR) is 125 cm³/mol. The van der Waals surface area contributed by atoms with Gasteiger partial charge in [-0.15, -0.1) is 0 Å². The molecule has 2 saturated heterocycles. The summed E-state index contributed by atoms with van der Waals surface area (Å²) < 4.78 is 11.3. The van der Waals surface area contributed by atoms with Gasteiger partial charge in [0.1, 0.15) is 0 Å². The van der Waals surface area contributed by atoms with Gasteiger partial charge in [-0.2, -0.15) is 0 Å². The average Bonchev–Trinajstić information content (AvgIpc) is 3.48. The van der Waals surface area contributed by atoms with Crippen LogP contribution in [0.25, 0.3) is 0 Å². The van der Waals surface area contributed by atoms with Crippen LogP contribution >= 0.6 is 0 Å². The summed E-state index contributed by atoms with van der Waals surface area (Å²) in [6.45, 7) is 11.6. The van der Waals surface area contributed by atoms with Crippen LogP contribution in [0.5, 0.6) is 0 Å². The van der Waals surface area contributed by atoms with Crippen LogP contribution in [0.1, 0.15) is 72.8 Å². The Morgan fingerprint density at radius 2 is 1.97 bits per heavy atom. The number of benzene rings is 1. The summed E-state index contributed by atoms with van der Waals surface area (Å²) in [7, 11) is 0. The Morgan fingerprint density at radius 1 is 1.19 bits per heavy atom. The van der Waals surface area contributed by atoms with E-state index >= 15 is 0 Å². The lowest BCUT2D eigenvalue weighted by Crippen LogP contribution is -2.43. The van der Waals surface area contributed by atoms with Crippen LogP contribution in [0, 0.1) is 12.8 Å². The third-order valence-electron chi connectivity index (χ3n) is 6.91. The molecule has 1 aromatic heterocycles. The molecular weight excluding hydrogens is 402 g/mol. The molecule has 3 heterocycles. The smallest absolute Gasteiger partial charge is 0.292 e. The number of hydrogen-bond donors (Lipinski definition) is 0. The fourth-order valence-electron chi connectivity index (χ4n) is 4.76. The fraction of sp³-hybridized carbons (Fsp3) is 0.615. The Balaban J connectivity index is 1.36. The predicted octanol–water partition coefficient (Wildman–Crippen LogP) is 4.64. The van der Waals surface area contributed by atoms with Gasteiger partial charge >= 0.3 is 0 Å². The molecule has 6 heteroatoms. The number of piperidine rings is 1. The fourth-order valence-corrected chi connectivity index (χ4v) is 4.76. The average molecular weight is 440 g/mol. The van der Waals surface area contributed by atoms with Crippen molar-refractivity contribution in [3.05, 3.63) is 52.9 Å². The summed E-state index contributed by atoms with van der Waals surface area (Å²) in [6.07, 6.45) is 4.44. The first-order valence-electron chi connectivity index (χ1n) is 12.1. The second-order valence-electron chi connectivity index (χ2n) is 9.76. The minimum Gasteiger partial charge on any atom is -0.376 e. The quantitative estimate of drug-likeness (QED) is 0.600. The summed E-state index contributed by atoms with van der Waals surface area (Å²) in [6, 6.07) is 10.4. The highest BCUT2D eigenvalue weighted by atomic mass is 16.5. The molecule has 1 amide bonds. The van der Waals surface area contributed by atoms with Gasteiger partial charge in [-0.1, -0.05) is 43.3 Å². The first kappa shape index (κ1) is 23.0. The molecule has 1 aromatic carbocycles. The van der Waals surface area contributed by atoms with Gasteiger partial charge in [-0.05, 0) is 68.7 Å². The van der Waals surface area contributed by atoms with Gasteiger partial charge in [-0.3, -0.25) is 9.69 Å². The molecule has 0 radical (unpaired) electrons. The van der Waals surface area contributed by atoms with Crippen LogP contribution in [0.2, 0.25) is 0 Å². The van der Waals surface area contributed by atoms with Crippen LogP contribution in [-0.2, 0) is 11.3 Å². The number of aromatic nitrogens is 1. The lowest BCUT2D eigenvalue weighted by Gasteiger charge is -2.35. The molecule has 6 nitrogen and oxygen atoms in total. The van der Waals surface area contributed by atoms with E-state index in [1.54, 1.807) is 6.07 Å². The SMILES string of the molecule is Cc1ccccc1CN1CCC(CN(C[C@@H]2CCCO2)C(=O)c2cc(C(C)C)no2)CC1. The van der Waals surface area contributed by atoms with E-state index in [1.165, 1.54) is 11.1 Å². The number of rotatable bonds is 8. The van der Waals surface area contributed by atoms with Crippen molar-refractivity contribution in [3.63, 3.8) is 0 Å². The first-order chi connectivity index (χ1) is 15.5. The molecule has 0 spiro atoms. The summed E-state index contributed by atoms with van der Waals surface area (Å²) >= 11 is 0. The maximum absolute atomic E-state index is 13.3. The molecule has 2 aliphatic heterocycles. The zero-order valence-electron chi connectivity index (χ0n) is 19.8. The van der Waals surface area contributed by atoms with Crippen molar-refractivity contribution in [2.45, 2.75) is 65.0 Å². The van der Waals surface area contributed by atoms with Crippen LogP contribution in [0.3, 0.4) is 0 Å². The molecule has 174 valence electrons. The van der Waals surface area contributed by atoms with Crippen molar-refractivity contribution in [2.24, 2.45) is 5.92 Å². The van der Waals surface area contributed by atoms with E-state index in [0.29, 0.717) is 18.2 Å². The van der Waals surface area contributed by atoms with Gasteiger partial charge in [-0.25, -0.2) is 0 Å². The zero-order chi connectivity index (χ0) is 22.5. The standard InChI is InChI=1S/C26H37N3O3/c1-19(2)24-15-25(32-27-24)26(30)29(18-23-9-6-14-31-23)16-21-10-12-28(13-11-21)17-22-8-5-4-7-20(22)3/h4-5,7-8,15,19,21,23H,6,9-14,16-18H2,1-3H3/t23-/m0/s1. The Morgan fingerprint density at radius 3 is 2.62 bits per heavy atom. The highest BCUT2D eigenvalue weighted by Crippen LogP contribution is 2.24. The molecule has 2 aromatic rings. The van der Waals surface area contributed by atoms with E-state index in [2.05, 4.69) is 55.1 Å². The number of aryl methyl sites for hydroxylation is 1. The molecule has 0 unspecified atom stereocenters. The van der Waals surface area contributed by atoms with Gasteiger partial charge in [0.25, 0.3) is 5.91 Å². The molecule has 32 heavy (non-hydrogen) atoms. The monoisotopic (exact) mass is 439 g/mol. The second-order valence-corrected chi connectivity index (χ2v) is 9.76. The highest BCUT2D eigenvalue weighted by molar-refractivity contribution is 5.91. The molecule has 2 aliphatic rings. The van der Waals surface area contributed by atoms with Gasteiger partial charge in [0, 0.05) is 32.3 Å². The van der Waals surface area contributed by atoms with Crippen LogP contribution in [0.15, 0.2) is 34.9 Å². The van der Waals surface area contributed by atoms with Crippen molar-refractivity contribution in [3.8, 4) is 0 Å². The normalized spacial score (nSPS) is 20.2. The number of carbonyl (C=O) groups is 1. The topological polar surface area (TPSA) is 58.8 Å². The van der Waals surface area contributed by atoms with Crippen molar-refractivity contribution in [1.82, 2.24) is 15.0 Å². The summed E-state index contributed by atoms with van der Waals surface area (Å²) in [5.74, 6) is 1.04. The molecule has 1 atom stereocenters. The summed E-state index contributed by atoms with van der Waals surface area (Å²) in [4.78, 5) is 17.8. The molecule has 0 bridgehead atoms.